The van der Waals surface area contributed by atoms with Crippen LogP contribution in [0.3, 0.4) is 0 Å². The third kappa shape index (κ3) is 6.18. The van der Waals surface area contributed by atoms with Crippen LogP contribution in [-0.2, 0) is 9.68 Å². The largest absolute Gasteiger partial charge is 0.477 e. The molecule has 30 heavy (non-hydrogen) atoms. The molecule has 0 saturated heterocycles. The summed E-state index contributed by atoms with van der Waals surface area (Å²) in [5.41, 5.74) is 1.00. The van der Waals surface area contributed by atoms with E-state index in [9.17, 15) is 25.1 Å². The van der Waals surface area contributed by atoms with E-state index in [4.69, 9.17) is 9.68 Å². The van der Waals surface area contributed by atoms with Gasteiger partial charge in [0, 0.05) is 24.3 Å². The smallest absolute Gasteiger partial charge is 0.310 e. The highest BCUT2D eigenvalue weighted by Gasteiger charge is 2.23. The zero-order chi connectivity index (χ0) is 22.1. The lowest BCUT2D eigenvalue weighted by Gasteiger charge is -2.14. The lowest BCUT2D eigenvalue weighted by molar-refractivity contribution is -0.982. The van der Waals surface area contributed by atoms with Crippen LogP contribution in [0.2, 0.25) is 0 Å². The maximum Gasteiger partial charge on any atom is 0.477 e. The fraction of sp³-hybridized carbons (Fsp3) is 0.333. The van der Waals surface area contributed by atoms with Crippen molar-refractivity contribution < 1.29 is 24.6 Å². The number of non-ortho nitro benzene ring substituents is 2. The van der Waals surface area contributed by atoms with Gasteiger partial charge in [0.25, 0.3) is 11.4 Å². The molecule has 160 valence electrons. The Bertz CT molecular complexity index is 836. The van der Waals surface area contributed by atoms with Gasteiger partial charge in [-0.3, -0.25) is 20.2 Å². The molecule has 2 aromatic carbocycles. The van der Waals surface area contributed by atoms with E-state index in [1.807, 2.05) is 0 Å². The first-order chi connectivity index (χ1) is 14.3. The van der Waals surface area contributed by atoms with Crippen molar-refractivity contribution in [2.75, 3.05) is 27.3 Å². The molecule has 0 radical (unpaired) electrons. The number of likely N-dealkylation sites (N-methyl/N-ethyl adjacent to an activating group) is 2. The molecule has 0 aliphatic rings. The van der Waals surface area contributed by atoms with Crippen LogP contribution in [-0.4, -0.2) is 42.2 Å². The Hall–Kier alpha value is -3.64. The minimum atomic E-state index is -0.508. The van der Waals surface area contributed by atoms with Gasteiger partial charge in [-0.25, -0.2) is 0 Å². The Labute approximate surface area is 171 Å². The molecule has 0 amide bonds. The van der Waals surface area contributed by atoms with E-state index < -0.39 is 21.9 Å². The molecule has 12 nitrogen and oxygen atoms in total. The molecule has 2 aromatic rings. The van der Waals surface area contributed by atoms with Gasteiger partial charge in [0.15, 0.2) is 13.2 Å². The molecule has 2 atom stereocenters. The summed E-state index contributed by atoms with van der Waals surface area (Å²) in [5, 5.41) is 27.6. The van der Waals surface area contributed by atoms with Gasteiger partial charge in [-0.2, -0.15) is 9.68 Å². The summed E-state index contributed by atoms with van der Waals surface area (Å²) < 4.78 is 0. The van der Waals surface area contributed by atoms with Crippen LogP contribution in [0.5, 0.6) is 0 Å². The fourth-order valence-electron chi connectivity index (χ4n) is 2.71. The summed E-state index contributed by atoms with van der Waals surface area (Å²) >= 11 is 0. The minimum absolute atomic E-state index is 0.0522. The normalized spacial score (nSPS) is 12.6. The Morgan fingerprint density at radius 3 is 1.53 bits per heavy atom. The highest BCUT2D eigenvalue weighted by molar-refractivity contribution is 5.36. The molecular formula is C18H22N5O7+. The van der Waals surface area contributed by atoms with Gasteiger partial charge in [-0.15, -0.1) is 0 Å². The second-order valence-electron chi connectivity index (χ2n) is 6.20. The van der Waals surface area contributed by atoms with Crippen molar-refractivity contribution in [3.63, 3.8) is 0 Å². The van der Waals surface area contributed by atoms with Crippen molar-refractivity contribution in [1.29, 1.82) is 0 Å². The summed E-state index contributed by atoms with van der Waals surface area (Å²) in [6.45, 7) is -0.273. The number of nitrogens with one attached hydrogen (secondary N) is 2. The highest BCUT2D eigenvalue weighted by Crippen LogP contribution is 2.21. The van der Waals surface area contributed by atoms with Crippen molar-refractivity contribution in [3.8, 4) is 0 Å². The second kappa shape index (κ2) is 10.8. The first-order valence-electron chi connectivity index (χ1n) is 8.92. The molecule has 2 rings (SSSR count). The van der Waals surface area contributed by atoms with Crippen LogP contribution < -0.4 is 10.6 Å². The molecule has 0 aliphatic heterocycles. The second-order valence-corrected chi connectivity index (χ2v) is 6.20. The Kier molecular flexibility index (Phi) is 8.14. The zero-order valence-electron chi connectivity index (χ0n) is 16.4. The maximum atomic E-state index is 11.9. The molecule has 0 heterocycles. The third-order valence-corrected chi connectivity index (χ3v) is 4.36. The molecular weight excluding hydrogens is 398 g/mol. The summed E-state index contributed by atoms with van der Waals surface area (Å²) in [6, 6.07) is 11.0. The topological polar surface area (TPSA) is 149 Å². The van der Waals surface area contributed by atoms with Crippen molar-refractivity contribution >= 4 is 11.4 Å². The van der Waals surface area contributed by atoms with Crippen molar-refractivity contribution in [2.45, 2.75) is 12.1 Å². The zero-order valence-corrected chi connectivity index (χ0v) is 16.4. The molecule has 2 N–H and O–H groups in total. The Balaban J connectivity index is 1.93. The molecule has 0 saturated carbocycles. The molecule has 0 aliphatic carbocycles. The van der Waals surface area contributed by atoms with Crippen LogP contribution in [0.25, 0.3) is 0 Å². The van der Waals surface area contributed by atoms with E-state index in [0.717, 1.165) is 0 Å². The van der Waals surface area contributed by atoms with E-state index in [-0.39, 0.29) is 29.7 Å². The average Bonchev–Trinajstić information content (AvgIpc) is 2.75. The van der Waals surface area contributed by atoms with Crippen LogP contribution in [0.1, 0.15) is 23.2 Å². The summed E-state index contributed by atoms with van der Waals surface area (Å²) in [4.78, 5) is 42.8. The number of nitro groups is 2. The minimum Gasteiger partial charge on any atom is -0.310 e. The molecule has 12 heteroatoms. The van der Waals surface area contributed by atoms with Gasteiger partial charge in [0.1, 0.15) is 4.91 Å². The monoisotopic (exact) mass is 420 g/mol. The standard InChI is InChI=1S/C18H22N5O7/c1-19-17(13-5-3-7-15(9-13)21(24)25)11-29-23(28)30-12-18(20-2)14-6-4-8-16(10-14)22(26)27/h3-10,17-20H,11-12H2,1-2H3/q+1. The van der Waals surface area contributed by atoms with Crippen molar-refractivity contribution in [2.24, 2.45) is 0 Å². The number of rotatable bonds is 12. The lowest BCUT2D eigenvalue weighted by Crippen LogP contribution is -2.27. The van der Waals surface area contributed by atoms with Gasteiger partial charge in [-0.05, 0) is 25.2 Å². The number of hydrogen-bond donors (Lipinski definition) is 2. The predicted molar refractivity (Wildman–Crippen MR) is 105 cm³/mol. The Morgan fingerprint density at radius 1 is 0.800 bits per heavy atom. The first-order valence-corrected chi connectivity index (χ1v) is 8.92. The predicted octanol–water partition coefficient (Wildman–Crippen LogP) is 2.37. The number of benzene rings is 2. The highest BCUT2D eigenvalue weighted by atomic mass is 17.0. The van der Waals surface area contributed by atoms with Crippen LogP contribution in [0.15, 0.2) is 48.5 Å². The molecule has 2 unspecified atom stereocenters. The SMILES string of the molecule is CNC(CO[N+](=O)OCC(NC)c1cccc([N+](=O)[O-])c1)c1cccc([N+](=O)[O-])c1. The van der Waals surface area contributed by atoms with E-state index in [1.165, 1.54) is 24.3 Å². The van der Waals surface area contributed by atoms with Crippen molar-refractivity contribution in [3.05, 3.63) is 84.8 Å². The number of hydrogen-bond acceptors (Lipinski definition) is 9. The molecule has 0 bridgehead atoms. The van der Waals surface area contributed by atoms with E-state index in [0.29, 0.717) is 11.1 Å². The average molecular weight is 420 g/mol. The number of nitro benzene ring substituents is 2. The Morgan fingerprint density at radius 2 is 1.20 bits per heavy atom. The van der Waals surface area contributed by atoms with Crippen LogP contribution >= 0.6 is 0 Å². The van der Waals surface area contributed by atoms with Gasteiger partial charge < -0.3 is 10.6 Å². The van der Waals surface area contributed by atoms with Gasteiger partial charge >= 0.3 is 5.09 Å². The third-order valence-electron chi connectivity index (χ3n) is 4.36. The molecule has 0 spiro atoms. The molecule has 0 fully saturated rings. The van der Waals surface area contributed by atoms with Crippen LogP contribution in [0, 0.1) is 25.1 Å². The maximum absolute atomic E-state index is 11.9. The number of nitrogens with zero attached hydrogens (tertiary/aromatic N) is 3. The van der Waals surface area contributed by atoms with Gasteiger partial charge in [-0.1, -0.05) is 24.3 Å². The van der Waals surface area contributed by atoms with E-state index in [2.05, 4.69) is 10.6 Å². The lowest BCUT2D eigenvalue weighted by atomic mass is 10.1. The quantitative estimate of drug-likeness (QED) is 0.390. The summed E-state index contributed by atoms with van der Waals surface area (Å²) in [6.07, 6.45) is 0. The van der Waals surface area contributed by atoms with Gasteiger partial charge in [0.2, 0.25) is 0 Å². The van der Waals surface area contributed by atoms with E-state index >= 15 is 0 Å². The summed E-state index contributed by atoms with van der Waals surface area (Å²) in [5.74, 6) is 0. The summed E-state index contributed by atoms with van der Waals surface area (Å²) in [7, 11) is 3.25. The molecule has 0 aromatic heterocycles. The fourth-order valence-corrected chi connectivity index (χ4v) is 2.71. The van der Waals surface area contributed by atoms with E-state index in [1.54, 1.807) is 38.4 Å². The van der Waals surface area contributed by atoms with Crippen LogP contribution in [0.4, 0.5) is 11.4 Å². The van der Waals surface area contributed by atoms with Gasteiger partial charge in [0.05, 0.1) is 21.9 Å². The van der Waals surface area contributed by atoms with Crippen molar-refractivity contribution in [1.82, 2.24) is 10.6 Å². The first kappa shape index (κ1) is 22.6.